The predicted molar refractivity (Wildman–Crippen MR) is 79.9 cm³/mol. The van der Waals surface area contributed by atoms with Crippen molar-refractivity contribution in [2.24, 2.45) is 0 Å². The van der Waals surface area contributed by atoms with Gasteiger partial charge in [0, 0.05) is 24.7 Å². The van der Waals surface area contributed by atoms with E-state index in [4.69, 9.17) is 4.74 Å². The number of halogens is 1. The molecule has 2 aromatic carbocycles. The number of carbonyl (C=O) groups is 1. The maximum atomic E-state index is 13.3. The number of rotatable bonds is 4. The lowest BCUT2D eigenvalue weighted by Crippen LogP contribution is -2.26. The van der Waals surface area contributed by atoms with E-state index in [-0.39, 0.29) is 11.7 Å². The second-order valence-corrected chi connectivity index (χ2v) is 4.94. The number of para-hydroxylation sites is 1. The topological polar surface area (TPSA) is 29.5 Å². The number of nitrogens with zero attached hydrogens (tertiary/aromatic N) is 1. The molecule has 0 aromatic heterocycles. The van der Waals surface area contributed by atoms with Gasteiger partial charge < -0.3 is 9.64 Å². The summed E-state index contributed by atoms with van der Waals surface area (Å²) in [6, 6.07) is 11.9. The highest BCUT2D eigenvalue weighted by molar-refractivity contribution is 5.94. The minimum Gasteiger partial charge on any atom is -0.496 e. The van der Waals surface area contributed by atoms with E-state index in [0.29, 0.717) is 17.7 Å². The SMILES string of the molecule is COc1ccccc1CN(C)C(=O)c1ccc(F)c(C)c1. The van der Waals surface area contributed by atoms with Crippen LogP contribution in [0, 0.1) is 12.7 Å². The zero-order valence-electron chi connectivity index (χ0n) is 12.4. The van der Waals surface area contributed by atoms with Crippen molar-refractivity contribution in [1.82, 2.24) is 4.90 Å². The third kappa shape index (κ3) is 3.40. The van der Waals surface area contributed by atoms with Crippen molar-refractivity contribution in [2.45, 2.75) is 13.5 Å². The summed E-state index contributed by atoms with van der Waals surface area (Å²) in [5.74, 6) is 0.287. The molecule has 0 atom stereocenters. The van der Waals surface area contributed by atoms with Crippen LogP contribution in [0.4, 0.5) is 4.39 Å². The lowest BCUT2D eigenvalue weighted by Gasteiger charge is -2.19. The molecule has 0 aliphatic heterocycles. The molecule has 0 radical (unpaired) electrons. The molecule has 3 nitrogen and oxygen atoms in total. The van der Waals surface area contributed by atoms with Gasteiger partial charge in [-0.15, -0.1) is 0 Å². The number of aryl methyl sites for hydroxylation is 1. The van der Waals surface area contributed by atoms with E-state index in [1.54, 1.807) is 32.0 Å². The number of carbonyl (C=O) groups excluding carboxylic acids is 1. The number of hydrogen-bond acceptors (Lipinski definition) is 2. The first kappa shape index (κ1) is 15.0. The molecule has 0 fully saturated rings. The maximum absolute atomic E-state index is 13.3. The van der Waals surface area contributed by atoms with Crippen LogP contribution in [-0.2, 0) is 6.54 Å². The molecule has 1 amide bonds. The zero-order chi connectivity index (χ0) is 15.4. The number of amides is 1. The summed E-state index contributed by atoms with van der Waals surface area (Å²) >= 11 is 0. The minimum absolute atomic E-state index is 0.149. The Morgan fingerprint density at radius 3 is 2.62 bits per heavy atom. The van der Waals surface area contributed by atoms with Crippen molar-refractivity contribution in [2.75, 3.05) is 14.2 Å². The summed E-state index contributed by atoms with van der Waals surface area (Å²) in [6.45, 7) is 2.08. The van der Waals surface area contributed by atoms with Crippen LogP contribution in [0.5, 0.6) is 5.75 Å². The van der Waals surface area contributed by atoms with Gasteiger partial charge in [-0.1, -0.05) is 18.2 Å². The fourth-order valence-corrected chi connectivity index (χ4v) is 2.16. The van der Waals surface area contributed by atoms with Crippen molar-refractivity contribution >= 4 is 5.91 Å². The third-order valence-electron chi connectivity index (χ3n) is 3.35. The number of hydrogen-bond donors (Lipinski definition) is 0. The van der Waals surface area contributed by atoms with Crippen LogP contribution >= 0.6 is 0 Å². The standard InChI is InChI=1S/C17H18FNO2/c1-12-10-13(8-9-15(12)18)17(20)19(2)11-14-6-4-5-7-16(14)21-3/h4-10H,11H2,1-3H3. The van der Waals surface area contributed by atoms with Gasteiger partial charge in [0.05, 0.1) is 7.11 Å². The molecule has 0 aliphatic carbocycles. The van der Waals surface area contributed by atoms with Crippen LogP contribution in [0.2, 0.25) is 0 Å². The van der Waals surface area contributed by atoms with Crippen LogP contribution in [0.3, 0.4) is 0 Å². The smallest absolute Gasteiger partial charge is 0.253 e. The number of ether oxygens (including phenoxy) is 1. The van der Waals surface area contributed by atoms with E-state index < -0.39 is 0 Å². The summed E-state index contributed by atoms with van der Waals surface area (Å²) < 4.78 is 18.5. The van der Waals surface area contributed by atoms with Crippen molar-refractivity contribution < 1.29 is 13.9 Å². The Morgan fingerprint density at radius 2 is 1.95 bits per heavy atom. The fourth-order valence-electron chi connectivity index (χ4n) is 2.16. The summed E-state index contributed by atoms with van der Waals surface area (Å²) in [4.78, 5) is 14.0. The predicted octanol–water partition coefficient (Wildman–Crippen LogP) is 3.41. The van der Waals surface area contributed by atoms with Crippen LogP contribution in [0.15, 0.2) is 42.5 Å². The largest absolute Gasteiger partial charge is 0.496 e. The summed E-state index contributed by atoms with van der Waals surface area (Å²) in [5.41, 5.74) is 1.87. The molecule has 0 aliphatic rings. The molecule has 0 saturated carbocycles. The zero-order valence-corrected chi connectivity index (χ0v) is 12.4. The molecular formula is C17H18FNO2. The highest BCUT2D eigenvalue weighted by Gasteiger charge is 2.14. The second-order valence-electron chi connectivity index (χ2n) is 4.94. The number of benzene rings is 2. The van der Waals surface area contributed by atoms with E-state index in [2.05, 4.69) is 0 Å². The molecule has 0 bridgehead atoms. The Kier molecular flexibility index (Phi) is 4.58. The highest BCUT2D eigenvalue weighted by Crippen LogP contribution is 2.20. The van der Waals surface area contributed by atoms with Crippen LogP contribution < -0.4 is 4.74 Å². The monoisotopic (exact) mass is 287 g/mol. The van der Waals surface area contributed by atoms with Crippen molar-refractivity contribution in [1.29, 1.82) is 0 Å². The molecule has 0 saturated heterocycles. The molecule has 21 heavy (non-hydrogen) atoms. The van der Waals surface area contributed by atoms with Gasteiger partial charge >= 0.3 is 0 Å². The molecule has 2 rings (SSSR count). The van der Waals surface area contributed by atoms with Crippen molar-refractivity contribution in [3.8, 4) is 5.75 Å². The molecule has 0 spiro atoms. The lowest BCUT2D eigenvalue weighted by molar-refractivity contribution is 0.0784. The third-order valence-corrected chi connectivity index (χ3v) is 3.35. The Morgan fingerprint density at radius 1 is 1.24 bits per heavy atom. The van der Waals surface area contributed by atoms with Gasteiger partial charge in [-0.05, 0) is 36.8 Å². The first-order valence-corrected chi connectivity index (χ1v) is 6.66. The molecule has 0 unspecified atom stereocenters. The van der Waals surface area contributed by atoms with Gasteiger partial charge in [0.2, 0.25) is 0 Å². The number of methoxy groups -OCH3 is 1. The van der Waals surface area contributed by atoms with E-state index in [1.807, 2.05) is 24.3 Å². The Hall–Kier alpha value is -2.36. The normalized spacial score (nSPS) is 10.3. The second kappa shape index (κ2) is 6.39. The van der Waals surface area contributed by atoms with Crippen LogP contribution in [0.25, 0.3) is 0 Å². The Balaban J connectivity index is 2.17. The average Bonchev–Trinajstić information content (AvgIpc) is 2.49. The molecule has 4 heteroatoms. The van der Waals surface area contributed by atoms with Crippen LogP contribution in [-0.4, -0.2) is 25.0 Å². The van der Waals surface area contributed by atoms with Gasteiger partial charge in [0.1, 0.15) is 11.6 Å². The lowest BCUT2D eigenvalue weighted by atomic mass is 10.1. The summed E-state index contributed by atoms with van der Waals surface area (Å²) in [7, 11) is 3.32. The van der Waals surface area contributed by atoms with Crippen molar-refractivity contribution in [3.05, 3.63) is 65.0 Å². The van der Waals surface area contributed by atoms with E-state index >= 15 is 0 Å². The van der Waals surface area contributed by atoms with Gasteiger partial charge in [0.25, 0.3) is 5.91 Å². The Bertz CT molecular complexity index is 655. The maximum Gasteiger partial charge on any atom is 0.253 e. The molecule has 0 N–H and O–H groups in total. The van der Waals surface area contributed by atoms with E-state index in [9.17, 15) is 9.18 Å². The first-order valence-electron chi connectivity index (χ1n) is 6.66. The molecule has 0 heterocycles. The van der Waals surface area contributed by atoms with Gasteiger partial charge in [-0.3, -0.25) is 4.79 Å². The summed E-state index contributed by atoms with van der Waals surface area (Å²) in [5, 5.41) is 0. The van der Waals surface area contributed by atoms with E-state index in [1.165, 1.54) is 12.1 Å². The van der Waals surface area contributed by atoms with Crippen LogP contribution in [0.1, 0.15) is 21.5 Å². The molecular weight excluding hydrogens is 269 g/mol. The minimum atomic E-state index is -0.307. The fraction of sp³-hybridized carbons (Fsp3) is 0.235. The summed E-state index contributed by atoms with van der Waals surface area (Å²) in [6.07, 6.45) is 0. The highest BCUT2D eigenvalue weighted by atomic mass is 19.1. The van der Waals surface area contributed by atoms with Gasteiger partial charge in [0.15, 0.2) is 0 Å². The molecule has 2 aromatic rings. The average molecular weight is 287 g/mol. The van der Waals surface area contributed by atoms with Gasteiger partial charge in [-0.2, -0.15) is 0 Å². The first-order chi connectivity index (χ1) is 10.0. The molecule has 110 valence electrons. The van der Waals surface area contributed by atoms with E-state index in [0.717, 1.165) is 11.3 Å². The van der Waals surface area contributed by atoms with Gasteiger partial charge in [-0.25, -0.2) is 4.39 Å². The van der Waals surface area contributed by atoms with Crippen molar-refractivity contribution in [3.63, 3.8) is 0 Å². The quantitative estimate of drug-likeness (QED) is 0.862. The Labute approximate surface area is 124 Å².